The number of benzene rings is 1. The summed E-state index contributed by atoms with van der Waals surface area (Å²) in [5, 5.41) is 0. The minimum absolute atomic E-state index is 0.302. The molecule has 24 heavy (non-hydrogen) atoms. The molecule has 0 aliphatic carbocycles. The molecule has 1 aromatic carbocycles. The first-order valence-electron chi connectivity index (χ1n) is 6.83. The highest BCUT2D eigenvalue weighted by molar-refractivity contribution is 5.94. The molecule has 6 nitrogen and oxygen atoms in total. The van der Waals surface area contributed by atoms with Crippen molar-refractivity contribution in [3.63, 3.8) is 0 Å². The van der Waals surface area contributed by atoms with Gasteiger partial charge in [-0.3, -0.25) is 0 Å². The van der Waals surface area contributed by atoms with Crippen molar-refractivity contribution in [1.82, 2.24) is 0 Å². The predicted molar refractivity (Wildman–Crippen MR) is 66.3 cm³/mol. The van der Waals surface area contributed by atoms with Crippen molar-refractivity contribution in [3.8, 4) is 0 Å². The molecule has 0 amide bonds. The van der Waals surface area contributed by atoms with Gasteiger partial charge in [-0.05, 0) is 0 Å². The molecule has 0 spiro atoms. The largest absolute Gasteiger partial charge is 0.459 e. The van der Waals surface area contributed by atoms with E-state index in [1.54, 1.807) is 0 Å². The van der Waals surface area contributed by atoms with Gasteiger partial charge in [-0.2, -0.15) is 0 Å². The molecule has 3 rings (SSSR count). The third-order valence-electron chi connectivity index (χ3n) is 3.28. The minimum atomic E-state index is -2.04. The summed E-state index contributed by atoms with van der Waals surface area (Å²) in [6.07, 6.45) is -0.817. The summed E-state index contributed by atoms with van der Waals surface area (Å²) in [5.74, 6) is -11.4. The molecule has 2 aliphatic rings. The molecule has 0 N–H and O–H groups in total. The summed E-state index contributed by atoms with van der Waals surface area (Å²) in [4.78, 5) is 23.2. The van der Waals surface area contributed by atoms with Gasteiger partial charge in [0.2, 0.25) is 0 Å². The maximum atomic E-state index is 13.9. The van der Waals surface area contributed by atoms with Crippen molar-refractivity contribution in [2.75, 3.05) is 26.4 Å². The first-order valence-corrected chi connectivity index (χ1v) is 6.83. The maximum absolute atomic E-state index is 13.9. The lowest BCUT2D eigenvalue weighted by molar-refractivity contribution is 0.0440. The van der Waals surface area contributed by atoms with Crippen LogP contribution >= 0.6 is 0 Å². The quantitative estimate of drug-likeness (QED) is 0.334. The topological polar surface area (TPSA) is 77.7 Å². The number of ether oxygens (including phenoxy) is 4. The van der Waals surface area contributed by atoms with Crippen molar-refractivity contribution in [3.05, 3.63) is 34.4 Å². The van der Waals surface area contributed by atoms with E-state index in [-0.39, 0.29) is 13.2 Å². The van der Waals surface area contributed by atoms with Crippen LogP contribution in [-0.4, -0.2) is 50.6 Å². The highest BCUT2D eigenvalue weighted by Gasteiger charge is 2.35. The van der Waals surface area contributed by atoms with Crippen LogP contribution in [0.25, 0.3) is 0 Å². The Morgan fingerprint density at radius 1 is 0.792 bits per heavy atom. The Morgan fingerprint density at radius 3 is 1.33 bits per heavy atom. The lowest BCUT2D eigenvalue weighted by Crippen LogP contribution is -2.21. The third kappa shape index (κ3) is 3.34. The third-order valence-corrected chi connectivity index (χ3v) is 3.28. The number of halogens is 4. The lowest BCUT2D eigenvalue weighted by Gasteiger charge is -2.11. The van der Waals surface area contributed by atoms with Crippen molar-refractivity contribution < 1.29 is 46.1 Å². The van der Waals surface area contributed by atoms with Gasteiger partial charge in [-0.15, -0.1) is 0 Å². The summed E-state index contributed by atoms with van der Waals surface area (Å²) >= 11 is 0. The first kappa shape index (κ1) is 16.7. The number of carbonyl (C=O) groups excluding carboxylic acids is 2. The normalized spacial score (nSPS) is 21.3. The van der Waals surface area contributed by atoms with Gasteiger partial charge in [0.15, 0.2) is 23.3 Å². The zero-order valence-corrected chi connectivity index (χ0v) is 11.9. The summed E-state index contributed by atoms with van der Waals surface area (Å²) in [6.45, 7) is -0.0226. The number of epoxide rings is 2. The van der Waals surface area contributed by atoms with Crippen molar-refractivity contribution >= 4 is 11.9 Å². The van der Waals surface area contributed by atoms with E-state index in [4.69, 9.17) is 9.47 Å². The molecule has 0 bridgehead atoms. The molecule has 130 valence electrons. The number of carbonyl (C=O) groups is 2. The van der Waals surface area contributed by atoms with Crippen LogP contribution in [0.15, 0.2) is 0 Å². The average Bonchev–Trinajstić information content (AvgIpc) is 3.44. The summed E-state index contributed by atoms with van der Waals surface area (Å²) in [7, 11) is 0. The fourth-order valence-corrected chi connectivity index (χ4v) is 1.80. The van der Waals surface area contributed by atoms with Crippen LogP contribution in [0, 0.1) is 23.3 Å². The van der Waals surface area contributed by atoms with Gasteiger partial charge in [-0.25, -0.2) is 27.2 Å². The van der Waals surface area contributed by atoms with Gasteiger partial charge >= 0.3 is 11.9 Å². The number of hydrogen-bond donors (Lipinski definition) is 0. The molecule has 0 radical (unpaired) electrons. The van der Waals surface area contributed by atoms with Crippen LogP contribution in [0.4, 0.5) is 17.6 Å². The molecule has 2 atom stereocenters. The predicted octanol–water partition coefficient (Wildman–Crippen LogP) is 1.35. The van der Waals surface area contributed by atoms with Crippen molar-refractivity contribution in [1.29, 1.82) is 0 Å². The Labute approximate surface area is 132 Å². The Morgan fingerprint density at radius 2 is 1.08 bits per heavy atom. The zero-order valence-electron chi connectivity index (χ0n) is 11.9. The van der Waals surface area contributed by atoms with E-state index in [1.807, 2.05) is 0 Å². The lowest BCUT2D eigenvalue weighted by atomic mass is 10.1. The molecule has 1 aromatic rings. The van der Waals surface area contributed by atoms with Gasteiger partial charge < -0.3 is 18.9 Å². The monoisotopic (exact) mass is 350 g/mol. The fourth-order valence-electron chi connectivity index (χ4n) is 1.80. The second-order valence-corrected chi connectivity index (χ2v) is 5.11. The average molecular weight is 350 g/mol. The maximum Gasteiger partial charge on any atom is 0.344 e. The molecular formula is C14H10F4O6. The van der Waals surface area contributed by atoms with Crippen LogP contribution in [0.1, 0.15) is 20.7 Å². The van der Waals surface area contributed by atoms with E-state index in [1.165, 1.54) is 0 Å². The molecule has 2 aliphatic heterocycles. The van der Waals surface area contributed by atoms with E-state index in [0.29, 0.717) is 13.2 Å². The SMILES string of the molecule is O=C(OCC1CO1)c1c(F)c(F)c(C(=O)OCC2CO2)c(F)c1F. The second-order valence-electron chi connectivity index (χ2n) is 5.11. The first-order chi connectivity index (χ1) is 11.4. The second kappa shape index (κ2) is 6.36. The molecule has 2 saturated heterocycles. The van der Waals surface area contributed by atoms with Gasteiger partial charge in [0.25, 0.3) is 0 Å². The van der Waals surface area contributed by atoms with Gasteiger partial charge in [0.05, 0.1) is 13.2 Å². The number of rotatable bonds is 6. The molecule has 0 saturated carbocycles. The fraction of sp³-hybridized carbons (Fsp3) is 0.429. The zero-order chi connectivity index (χ0) is 17.4. The standard InChI is InChI=1S/C14H10F4O6/c15-9-7(13(19)23-3-5-1-21-5)10(16)12(18)8(11(9)17)14(20)24-4-6-2-22-6/h5-6H,1-4H2. The Bertz CT molecular complexity index is 611. The van der Waals surface area contributed by atoms with Crippen molar-refractivity contribution in [2.45, 2.75) is 12.2 Å². The van der Waals surface area contributed by atoms with Crippen LogP contribution < -0.4 is 0 Å². The highest BCUT2D eigenvalue weighted by atomic mass is 19.2. The van der Waals surface area contributed by atoms with Crippen molar-refractivity contribution in [2.24, 2.45) is 0 Å². The smallest absolute Gasteiger partial charge is 0.344 e. The van der Waals surface area contributed by atoms with Crippen LogP contribution in [-0.2, 0) is 18.9 Å². The van der Waals surface area contributed by atoms with Crippen LogP contribution in [0.3, 0.4) is 0 Å². The van der Waals surface area contributed by atoms with E-state index in [2.05, 4.69) is 9.47 Å². The molecule has 2 heterocycles. The molecule has 0 aromatic heterocycles. The molecule has 10 heteroatoms. The highest BCUT2D eigenvalue weighted by Crippen LogP contribution is 2.26. The summed E-state index contributed by atoms with van der Waals surface area (Å²) in [5.41, 5.74) is -3.12. The Kier molecular flexibility index (Phi) is 4.41. The molecule has 2 fully saturated rings. The number of hydrogen-bond acceptors (Lipinski definition) is 6. The van der Waals surface area contributed by atoms with Crippen LogP contribution in [0.2, 0.25) is 0 Å². The Balaban J connectivity index is 1.85. The molecular weight excluding hydrogens is 340 g/mol. The minimum Gasteiger partial charge on any atom is -0.459 e. The van der Waals surface area contributed by atoms with Gasteiger partial charge in [0, 0.05) is 0 Å². The molecule has 2 unspecified atom stereocenters. The van der Waals surface area contributed by atoms with Gasteiger partial charge in [0.1, 0.15) is 36.5 Å². The van der Waals surface area contributed by atoms with E-state index in [0.717, 1.165) is 0 Å². The van der Waals surface area contributed by atoms with Crippen LogP contribution in [0.5, 0.6) is 0 Å². The number of esters is 2. The van der Waals surface area contributed by atoms with E-state index >= 15 is 0 Å². The van der Waals surface area contributed by atoms with E-state index < -0.39 is 58.5 Å². The summed E-state index contributed by atoms with van der Waals surface area (Å²) in [6, 6.07) is 0. The Hall–Kier alpha value is -2.20. The van der Waals surface area contributed by atoms with E-state index in [9.17, 15) is 27.2 Å². The van der Waals surface area contributed by atoms with Gasteiger partial charge in [-0.1, -0.05) is 0 Å². The summed E-state index contributed by atoms with van der Waals surface area (Å²) < 4.78 is 74.1.